The number of carbonyl (C=O) groups excluding carboxylic acids is 1. The van der Waals surface area contributed by atoms with Gasteiger partial charge in [-0.2, -0.15) is 0 Å². The zero-order chi connectivity index (χ0) is 20.5. The van der Waals surface area contributed by atoms with Crippen molar-refractivity contribution in [3.8, 4) is 0 Å². The fourth-order valence-corrected chi connectivity index (χ4v) is 5.86. The lowest BCUT2D eigenvalue weighted by Gasteiger charge is -2.53. The molecule has 3 unspecified atom stereocenters. The van der Waals surface area contributed by atoms with Crippen LogP contribution in [0.3, 0.4) is 0 Å². The maximum Gasteiger partial charge on any atom is 0.335 e. The summed E-state index contributed by atoms with van der Waals surface area (Å²) in [6.07, 6.45) is 8.07. The Morgan fingerprint density at radius 2 is 2.18 bits per heavy atom. The van der Waals surface area contributed by atoms with Crippen LogP contribution in [0.4, 0.5) is 0 Å². The van der Waals surface area contributed by atoms with Gasteiger partial charge in [-0.25, -0.2) is 13.2 Å². The summed E-state index contributed by atoms with van der Waals surface area (Å²) in [5, 5.41) is 13.4. The number of aliphatic hydroxyl groups is 1. The van der Waals surface area contributed by atoms with Crippen LogP contribution in [0.5, 0.6) is 0 Å². The molecule has 0 aromatic rings. The Morgan fingerprint density at radius 1 is 1.43 bits per heavy atom. The number of aliphatic hydroxyl groups excluding tert-OH is 1. The van der Waals surface area contributed by atoms with Crippen LogP contribution in [-0.4, -0.2) is 56.8 Å². The lowest BCUT2D eigenvalue weighted by atomic mass is 9.52. The number of rotatable bonds is 7. The van der Waals surface area contributed by atoms with E-state index in [4.69, 9.17) is 4.74 Å². The maximum absolute atomic E-state index is 12.2. The standard InChI is InChI=1S/C21H33NO5S/c1-14-4-5-15-12-16(23)6-8-21(15,2)18(14)13-19(17-7-10-27-20(17)24)22-9-11-28(3,25)26/h7,15-16,18-19,22-23H,1,4-6,8-13H2,2-3H3/t15?,16?,18-,19?,21+/m1/s1. The molecular weight excluding hydrogens is 378 g/mol. The first-order valence-corrected chi connectivity index (χ1v) is 12.3. The molecule has 3 aliphatic rings. The molecule has 0 aromatic carbocycles. The maximum atomic E-state index is 12.2. The van der Waals surface area contributed by atoms with E-state index in [1.807, 2.05) is 0 Å². The second-order valence-corrected chi connectivity index (χ2v) is 11.3. The van der Waals surface area contributed by atoms with Gasteiger partial charge in [0.25, 0.3) is 0 Å². The fourth-order valence-electron chi connectivity index (χ4n) is 5.37. The molecule has 2 N–H and O–H groups in total. The number of carbonyl (C=O) groups is 1. The molecule has 5 atom stereocenters. The van der Waals surface area contributed by atoms with E-state index in [1.165, 1.54) is 11.8 Å². The summed E-state index contributed by atoms with van der Waals surface area (Å²) in [6.45, 7) is 7.22. The van der Waals surface area contributed by atoms with Crippen molar-refractivity contribution in [1.82, 2.24) is 5.32 Å². The fraction of sp³-hybridized carbons (Fsp3) is 0.762. The highest BCUT2D eigenvalue weighted by atomic mass is 32.2. The lowest BCUT2D eigenvalue weighted by molar-refractivity contribution is -0.136. The largest absolute Gasteiger partial charge is 0.458 e. The van der Waals surface area contributed by atoms with Crippen LogP contribution in [-0.2, 0) is 19.4 Å². The Bertz CT molecular complexity index is 759. The molecular formula is C21H33NO5S. The molecule has 0 radical (unpaired) electrons. The van der Waals surface area contributed by atoms with E-state index in [9.17, 15) is 18.3 Å². The Hall–Kier alpha value is -1.18. The smallest absolute Gasteiger partial charge is 0.335 e. The van der Waals surface area contributed by atoms with Crippen molar-refractivity contribution >= 4 is 15.8 Å². The summed E-state index contributed by atoms with van der Waals surface area (Å²) in [4.78, 5) is 12.2. The summed E-state index contributed by atoms with van der Waals surface area (Å²) in [5.41, 5.74) is 1.86. The minimum absolute atomic E-state index is 0.0313. The summed E-state index contributed by atoms with van der Waals surface area (Å²) >= 11 is 0. The van der Waals surface area contributed by atoms with Gasteiger partial charge in [-0.3, -0.25) is 0 Å². The number of ether oxygens (including phenoxy) is 1. The van der Waals surface area contributed by atoms with Crippen LogP contribution in [0.15, 0.2) is 23.8 Å². The van der Waals surface area contributed by atoms with Crippen molar-refractivity contribution in [2.75, 3.05) is 25.2 Å². The summed E-state index contributed by atoms with van der Waals surface area (Å²) in [7, 11) is -3.08. The number of hydrogen-bond acceptors (Lipinski definition) is 6. The van der Waals surface area contributed by atoms with Gasteiger partial charge in [-0.1, -0.05) is 19.1 Å². The van der Waals surface area contributed by atoms with Crippen molar-refractivity contribution in [2.24, 2.45) is 17.3 Å². The molecule has 3 rings (SSSR count). The first-order chi connectivity index (χ1) is 13.1. The molecule has 0 bridgehead atoms. The molecule has 2 aliphatic carbocycles. The second-order valence-electron chi connectivity index (χ2n) is 9.01. The van der Waals surface area contributed by atoms with E-state index in [2.05, 4.69) is 18.8 Å². The Morgan fingerprint density at radius 3 is 2.82 bits per heavy atom. The highest BCUT2D eigenvalue weighted by Crippen LogP contribution is 2.56. The summed E-state index contributed by atoms with van der Waals surface area (Å²) in [6, 6.07) is -0.249. The van der Waals surface area contributed by atoms with Gasteiger partial charge >= 0.3 is 5.97 Å². The Kier molecular flexibility index (Phi) is 6.37. The third-order valence-corrected chi connectivity index (χ3v) is 8.02. The summed E-state index contributed by atoms with van der Waals surface area (Å²) in [5.74, 6) is 0.388. The van der Waals surface area contributed by atoms with Crippen molar-refractivity contribution < 1.29 is 23.1 Å². The molecule has 6 nitrogen and oxygen atoms in total. The zero-order valence-electron chi connectivity index (χ0n) is 16.9. The SMILES string of the molecule is C=C1CCC2CC(O)CC[C@]2(C)[C@@H]1CC(NCCS(C)(=O)=O)C1=CCOC1=O. The van der Waals surface area contributed by atoms with Crippen LogP contribution in [0.2, 0.25) is 0 Å². The number of allylic oxidation sites excluding steroid dienone is 1. The molecule has 0 aromatic heterocycles. The van der Waals surface area contributed by atoms with Gasteiger partial charge in [0.1, 0.15) is 16.4 Å². The van der Waals surface area contributed by atoms with Gasteiger partial charge in [-0.15, -0.1) is 0 Å². The number of nitrogens with one attached hydrogen (secondary N) is 1. The number of cyclic esters (lactones) is 1. The highest BCUT2D eigenvalue weighted by Gasteiger charge is 2.49. The third kappa shape index (κ3) is 4.69. The Labute approximate surface area is 168 Å². The van der Waals surface area contributed by atoms with Gasteiger partial charge < -0.3 is 15.2 Å². The van der Waals surface area contributed by atoms with Crippen LogP contribution < -0.4 is 5.32 Å². The second kappa shape index (κ2) is 8.28. The van der Waals surface area contributed by atoms with Crippen molar-refractivity contribution in [1.29, 1.82) is 0 Å². The third-order valence-electron chi connectivity index (χ3n) is 7.07. The summed E-state index contributed by atoms with van der Waals surface area (Å²) < 4.78 is 28.2. The van der Waals surface area contributed by atoms with E-state index in [-0.39, 0.29) is 41.8 Å². The molecule has 1 heterocycles. The number of fused-ring (bicyclic) bond motifs is 1. The van der Waals surface area contributed by atoms with E-state index in [0.717, 1.165) is 32.1 Å². The van der Waals surface area contributed by atoms with E-state index < -0.39 is 9.84 Å². The molecule has 1 aliphatic heterocycles. The lowest BCUT2D eigenvalue weighted by Crippen LogP contribution is -2.48. The monoisotopic (exact) mass is 411 g/mol. The first-order valence-electron chi connectivity index (χ1n) is 10.2. The molecule has 0 spiro atoms. The first kappa shape index (κ1) is 21.5. The van der Waals surface area contributed by atoms with E-state index in [1.54, 1.807) is 6.08 Å². The number of esters is 1. The van der Waals surface area contributed by atoms with E-state index in [0.29, 0.717) is 24.5 Å². The highest BCUT2D eigenvalue weighted by molar-refractivity contribution is 7.90. The normalized spacial score (nSPS) is 34.5. The zero-order valence-corrected chi connectivity index (χ0v) is 17.8. The number of sulfone groups is 1. The van der Waals surface area contributed by atoms with Crippen molar-refractivity contribution in [3.63, 3.8) is 0 Å². The molecule has 0 amide bonds. The van der Waals surface area contributed by atoms with Crippen LogP contribution in [0, 0.1) is 17.3 Å². The quantitative estimate of drug-likeness (QED) is 0.492. The topological polar surface area (TPSA) is 92.7 Å². The van der Waals surface area contributed by atoms with Gasteiger partial charge in [0, 0.05) is 18.8 Å². The minimum Gasteiger partial charge on any atom is -0.458 e. The molecule has 28 heavy (non-hydrogen) atoms. The molecule has 7 heteroatoms. The van der Waals surface area contributed by atoms with Gasteiger partial charge in [0.15, 0.2) is 0 Å². The molecule has 0 saturated heterocycles. The number of hydrogen-bond donors (Lipinski definition) is 2. The van der Waals surface area contributed by atoms with E-state index >= 15 is 0 Å². The Balaban J connectivity index is 1.79. The van der Waals surface area contributed by atoms with Gasteiger partial charge in [-0.05, 0) is 61.9 Å². The van der Waals surface area contributed by atoms with Gasteiger partial charge in [0.05, 0.1) is 17.4 Å². The minimum atomic E-state index is -3.08. The van der Waals surface area contributed by atoms with Crippen LogP contribution in [0.1, 0.15) is 45.4 Å². The van der Waals surface area contributed by atoms with Crippen LogP contribution in [0.25, 0.3) is 0 Å². The average Bonchev–Trinajstić information content (AvgIpc) is 3.02. The van der Waals surface area contributed by atoms with Crippen molar-refractivity contribution in [2.45, 2.75) is 57.6 Å². The predicted molar refractivity (Wildman–Crippen MR) is 108 cm³/mol. The predicted octanol–water partition coefficient (Wildman–Crippen LogP) is 2.00. The van der Waals surface area contributed by atoms with Crippen LogP contribution >= 0.6 is 0 Å². The molecule has 2 fully saturated rings. The average molecular weight is 412 g/mol. The molecule has 158 valence electrons. The molecule has 2 saturated carbocycles. The van der Waals surface area contributed by atoms with Crippen molar-refractivity contribution in [3.05, 3.63) is 23.8 Å². The van der Waals surface area contributed by atoms with Gasteiger partial charge in [0.2, 0.25) is 0 Å².